The third-order valence-electron chi connectivity index (χ3n) is 4.01. The number of nitrogens with zero attached hydrogens (tertiary/aromatic N) is 1. The van der Waals surface area contributed by atoms with Crippen LogP contribution < -0.4 is 20.3 Å². The number of hydrogen-bond donors (Lipinski definition) is 2. The fourth-order valence-corrected chi connectivity index (χ4v) is 2.89. The molecule has 1 aliphatic rings. The molecule has 0 unspecified atom stereocenters. The number of carbonyl (C=O) groups excluding carboxylic acids is 1. The van der Waals surface area contributed by atoms with Crippen molar-refractivity contribution in [1.82, 2.24) is 5.32 Å². The molecule has 2 amide bonds. The maximum absolute atomic E-state index is 12.4. The zero-order chi connectivity index (χ0) is 18.6. The van der Waals surface area contributed by atoms with Crippen LogP contribution in [0.3, 0.4) is 0 Å². The van der Waals surface area contributed by atoms with Crippen LogP contribution in [-0.2, 0) is 6.42 Å². The molecule has 8 heteroatoms. The zero-order valence-electron chi connectivity index (χ0n) is 13.8. The number of amides is 2. The van der Waals surface area contributed by atoms with Crippen LogP contribution in [0.4, 0.5) is 29.3 Å². The monoisotopic (exact) mass is 365 g/mol. The van der Waals surface area contributed by atoms with Crippen molar-refractivity contribution in [2.75, 3.05) is 29.9 Å². The van der Waals surface area contributed by atoms with E-state index < -0.39 is 18.1 Å². The molecule has 0 bridgehead atoms. The summed E-state index contributed by atoms with van der Waals surface area (Å²) in [5.74, 6) is -0.455. The van der Waals surface area contributed by atoms with E-state index in [0.29, 0.717) is 13.1 Å². The molecule has 138 valence electrons. The second-order valence-electron chi connectivity index (χ2n) is 5.79. The summed E-state index contributed by atoms with van der Waals surface area (Å²) in [4.78, 5) is 14.1. The maximum atomic E-state index is 12.4. The average molecular weight is 365 g/mol. The molecule has 0 radical (unpaired) electrons. The predicted molar refractivity (Wildman–Crippen MR) is 92.5 cm³/mol. The van der Waals surface area contributed by atoms with Gasteiger partial charge in [0.15, 0.2) is 5.75 Å². The molecule has 5 nitrogen and oxygen atoms in total. The summed E-state index contributed by atoms with van der Waals surface area (Å²) in [5.41, 5.74) is 2.38. The molecule has 26 heavy (non-hydrogen) atoms. The molecule has 0 atom stereocenters. The number of benzene rings is 2. The number of hydrogen-bond acceptors (Lipinski definition) is 3. The molecule has 0 fully saturated rings. The second-order valence-corrected chi connectivity index (χ2v) is 5.79. The number of rotatable bonds is 5. The van der Waals surface area contributed by atoms with E-state index in [-0.39, 0.29) is 5.69 Å². The van der Waals surface area contributed by atoms with Gasteiger partial charge in [-0.3, -0.25) is 0 Å². The predicted octanol–water partition coefficient (Wildman–Crippen LogP) is 3.77. The quantitative estimate of drug-likeness (QED) is 0.848. The summed E-state index contributed by atoms with van der Waals surface area (Å²) in [5, 5.41) is 5.03. The van der Waals surface area contributed by atoms with Crippen LogP contribution >= 0.6 is 0 Å². The molecule has 0 saturated heterocycles. The number of carbonyl (C=O) groups is 1. The van der Waals surface area contributed by atoms with Gasteiger partial charge in [-0.1, -0.05) is 30.3 Å². The van der Waals surface area contributed by atoms with Crippen molar-refractivity contribution in [1.29, 1.82) is 0 Å². The Bertz CT molecular complexity index is 780. The summed E-state index contributed by atoms with van der Waals surface area (Å²) >= 11 is 0. The van der Waals surface area contributed by atoms with Crippen molar-refractivity contribution >= 4 is 17.4 Å². The lowest BCUT2D eigenvalue weighted by molar-refractivity contribution is -0.274. The Balaban J connectivity index is 1.51. The third-order valence-corrected chi connectivity index (χ3v) is 4.01. The molecule has 0 aromatic heterocycles. The standard InChI is InChI=1S/C18H18F3N3O2/c19-18(20,21)26-16-8-4-2-6-14(16)23-17(25)22-10-12-24-11-9-13-5-1-3-7-15(13)24/h1-8H,9-12H2,(H2,22,23,25). The van der Waals surface area contributed by atoms with Crippen molar-refractivity contribution in [3.05, 3.63) is 54.1 Å². The molecule has 2 aromatic rings. The molecule has 2 N–H and O–H groups in total. The molecule has 0 saturated carbocycles. The van der Waals surface area contributed by atoms with Crippen LogP contribution in [0.25, 0.3) is 0 Å². The summed E-state index contributed by atoms with van der Waals surface area (Å²) in [7, 11) is 0. The average Bonchev–Trinajstić information content (AvgIpc) is 2.99. The molecule has 3 rings (SSSR count). The van der Waals surface area contributed by atoms with E-state index in [1.807, 2.05) is 18.2 Å². The first-order chi connectivity index (χ1) is 12.4. The minimum atomic E-state index is -4.82. The summed E-state index contributed by atoms with van der Waals surface area (Å²) in [6.07, 6.45) is -3.86. The minimum absolute atomic E-state index is 0.0474. The summed E-state index contributed by atoms with van der Waals surface area (Å²) < 4.78 is 41.1. The first kappa shape index (κ1) is 17.9. The van der Waals surface area contributed by atoms with Crippen molar-refractivity contribution in [3.8, 4) is 5.75 Å². The smallest absolute Gasteiger partial charge is 0.404 e. The number of ether oxygens (including phenoxy) is 1. The van der Waals surface area contributed by atoms with E-state index in [0.717, 1.165) is 24.7 Å². The van der Waals surface area contributed by atoms with Crippen LogP contribution in [0.15, 0.2) is 48.5 Å². The highest BCUT2D eigenvalue weighted by Gasteiger charge is 2.32. The van der Waals surface area contributed by atoms with Gasteiger partial charge in [0, 0.05) is 25.3 Å². The van der Waals surface area contributed by atoms with Crippen LogP contribution in [-0.4, -0.2) is 32.0 Å². The van der Waals surface area contributed by atoms with E-state index >= 15 is 0 Å². The van der Waals surface area contributed by atoms with Crippen molar-refractivity contribution in [3.63, 3.8) is 0 Å². The SMILES string of the molecule is O=C(NCCN1CCc2ccccc21)Nc1ccccc1OC(F)(F)F. The Morgan fingerprint density at radius 2 is 1.85 bits per heavy atom. The number of halogens is 3. The second kappa shape index (κ2) is 7.55. The van der Waals surface area contributed by atoms with E-state index in [2.05, 4.69) is 26.3 Å². The highest BCUT2D eigenvalue weighted by atomic mass is 19.4. The minimum Gasteiger partial charge on any atom is -0.404 e. The fourth-order valence-electron chi connectivity index (χ4n) is 2.89. The first-order valence-electron chi connectivity index (χ1n) is 8.15. The molecule has 0 spiro atoms. The van der Waals surface area contributed by atoms with Gasteiger partial charge in [-0.25, -0.2) is 4.79 Å². The lowest BCUT2D eigenvalue weighted by Crippen LogP contribution is -2.36. The van der Waals surface area contributed by atoms with E-state index in [1.165, 1.54) is 23.8 Å². The first-order valence-corrected chi connectivity index (χ1v) is 8.15. The Labute approximate surface area is 148 Å². The maximum Gasteiger partial charge on any atom is 0.573 e. The Kier molecular flexibility index (Phi) is 5.20. The van der Waals surface area contributed by atoms with Crippen LogP contribution in [0.5, 0.6) is 5.75 Å². The Morgan fingerprint density at radius 3 is 2.65 bits per heavy atom. The zero-order valence-corrected chi connectivity index (χ0v) is 13.8. The number of anilines is 2. The van der Waals surface area contributed by atoms with Gasteiger partial charge in [0.25, 0.3) is 0 Å². The number of para-hydroxylation sites is 3. The molecule has 1 aliphatic heterocycles. The van der Waals surface area contributed by atoms with Crippen molar-refractivity contribution in [2.24, 2.45) is 0 Å². The highest BCUT2D eigenvalue weighted by Crippen LogP contribution is 2.30. The van der Waals surface area contributed by atoms with Gasteiger partial charge in [0.2, 0.25) is 0 Å². The number of fused-ring (bicyclic) bond motifs is 1. The van der Waals surface area contributed by atoms with Gasteiger partial charge in [0.1, 0.15) is 0 Å². The number of urea groups is 1. The van der Waals surface area contributed by atoms with Crippen molar-refractivity contribution < 1.29 is 22.7 Å². The number of nitrogens with one attached hydrogen (secondary N) is 2. The van der Waals surface area contributed by atoms with Crippen LogP contribution in [0.2, 0.25) is 0 Å². The van der Waals surface area contributed by atoms with E-state index in [1.54, 1.807) is 0 Å². The molecular weight excluding hydrogens is 347 g/mol. The highest BCUT2D eigenvalue weighted by molar-refractivity contribution is 5.90. The Hall–Kier alpha value is -2.90. The van der Waals surface area contributed by atoms with Gasteiger partial charge in [-0.05, 0) is 30.2 Å². The van der Waals surface area contributed by atoms with E-state index in [4.69, 9.17) is 0 Å². The lowest BCUT2D eigenvalue weighted by atomic mass is 10.2. The Morgan fingerprint density at radius 1 is 1.12 bits per heavy atom. The normalized spacial score (nSPS) is 13.3. The topological polar surface area (TPSA) is 53.6 Å². The third kappa shape index (κ3) is 4.59. The number of alkyl halides is 3. The van der Waals surface area contributed by atoms with Gasteiger partial charge < -0.3 is 20.3 Å². The van der Waals surface area contributed by atoms with E-state index in [9.17, 15) is 18.0 Å². The molecule has 2 aromatic carbocycles. The van der Waals surface area contributed by atoms with Gasteiger partial charge in [-0.2, -0.15) is 0 Å². The van der Waals surface area contributed by atoms with Gasteiger partial charge >= 0.3 is 12.4 Å². The lowest BCUT2D eigenvalue weighted by Gasteiger charge is -2.20. The van der Waals surface area contributed by atoms with Gasteiger partial charge in [0.05, 0.1) is 5.69 Å². The fraction of sp³-hybridized carbons (Fsp3) is 0.278. The van der Waals surface area contributed by atoms with Crippen molar-refractivity contribution in [2.45, 2.75) is 12.8 Å². The summed E-state index contributed by atoms with van der Waals surface area (Å²) in [6, 6.07) is 12.9. The van der Waals surface area contributed by atoms with Crippen LogP contribution in [0, 0.1) is 0 Å². The largest absolute Gasteiger partial charge is 0.573 e. The molecular formula is C18H18F3N3O2. The van der Waals surface area contributed by atoms with Gasteiger partial charge in [-0.15, -0.1) is 13.2 Å². The summed E-state index contributed by atoms with van der Waals surface area (Å²) in [6.45, 7) is 1.86. The van der Waals surface area contributed by atoms with Crippen LogP contribution in [0.1, 0.15) is 5.56 Å². The molecule has 1 heterocycles. The molecule has 0 aliphatic carbocycles.